The lowest BCUT2D eigenvalue weighted by molar-refractivity contribution is 0.0698. The molecule has 0 unspecified atom stereocenters. The van der Waals surface area contributed by atoms with Crippen LogP contribution in [0.5, 0.6) is 0 Å². The van der Waals surface area contributed by atoms with Gasteiger partial charge in [0, 0.05) is 31.4 Å². The first-order valence-corrected chi connectivity index (χ1v) is 9.91. The van der Waals surface area contributed by atoms with Crippen LogP contribution in [-0.4, -0.2) is 30.7 Å². The fourth-order valence-electron chi connectivity index (χ4n) is 3.91. The number of fused-ring (bicyclic) bond motifs is 1. The van der Waals surface area contributed by atoms with E-state index in [4.69, 9.17) is 4.42 Å². The van der Waals surface area contributed by atoms with Gasteiger partial charge in [-0.2, -0.15) is 0 Å². The van der Waals surface area contributed by atoms with Crippen molar-refractivity contribution < 1.29 is 14.3 Å². The monoisotopic (exact) mass is 392 g/mol. The van der Waals surface area contributed by atoms with Gasteiger partial charge in [0.25, 0.3) is 0 Å². The van der Waals surface area contributed by atoms with Crippen LogP contribution in [0.3, 0.4) is 0 Å². The van der Waals surface area contributed by atoms with Gasteiger partial charge in [-0.15, -0.1) is 0 Å². The second-order valence-corrected chi connectivity index (χ2v) is 7.47. The molecule has 0 bridgehead atoms. The van der Waals surface area contributed by atoms with E-state index in [2.05, 4.69) is 10.2 Å². The van der Waals surface area contributed by atoms with Crippen molar-refractivity contribution in [2.45, 2.75) is 26.2 Å². The van der Waals surface area contributed by atoms with E-state index in [0.717, 1.165) is 37.1 Å². The van der Waals surface area contributed by atoms with Crippen LogP contribution < -0.4 is 15.6 Å². The van der Waals surface area contributed by atoms with E-state index in [9.17, 15) is 14.7 Å². The van der Waals surface area contributed by atoms with Crippen molar-refractivity contribution in [2.75, 3.05) is 29.9 Å². The van der Waals surface area contributed by atoms with Gasteiger partial charge in [-0.25, -0.2) is 4.79 Å². The number of para-hydroxylation sites is 1. The van der Waals surface area contributed by atoms with Crippen LogP contribution >= 0.6 is 0 Å². The number of rotatable bonds is 6. The SMILES string of the molecule is Cc1cc(CCNc2ccccc2C(=O)O)c2oc(N3CCCC3)cc(=O)c2c1. The third kappa shape index (κ3) is 3.97. The predicted octanol–water partition coefficient (Wildman–Crippen LogP) is 4.05. The van der Waals surface area contributed by atoms with E-state index in [0.29, 0.717) is 35.5 Å². The van der Waals surface area contributed by atoms with E-state index in [1.807, 2.05) is 19.1 Å². The van der Waals surface area contributed by atoms with Crippen molar-refractivity contribution in [1.82, 2.24) is 0 Å². The third-order valence-electron chi connectivity index (χ3n) is 5.32. The van der Waals surface area contributed by atoms with Crippen molar-refractivity contribution in [2.24, 2.45) is 0 Å². The Balaban J connectivity index is 1.63. The molecule has 0 saturated carbocycles. The average Bonchev–Trinajstić information content (AvgIpc) is 3.23. The van der Waals surface area contributed by atoms with Crippen molar-refractivity contribution in [3.63, 3.8) is 0 Å². The smallest absolute Gasteiger partial charge is 0.337 e. The van der Waals surface area contributed by atoms with Gasteiger partial charge in [-0.05, 0) is 55.5 Å². The molecule has 29 heavy (non-hydrogen) atoms. The number of nitrogens with zero attached hydrogens (tertiary/aromatic N) is 1. The van der Waals surface area contributed by atoms with Crippen LogP contribution in [0, 0.1) is 6.92 Å². The molecule has 2 heterocycles. The largest absolute Gasteiger partial charge is 0.478 e. The molecule has 3 aromatic rings. The van der Waals surface area contributed by atoms with Crippen LogP contribution in [0.1, 0.15) is 34.3 Å². The quantitative estimate of drug-likeness (QED) is 0.658. The molecule has 6 heteroatoms. The summed E-state index contributed by atoms with van der Waals surface area (Å²) in [5, 5.41) is 13.1. The zero-order chi connectivity index (χ0) is 20.4. The molecule has 0 amide bonds. The lowest BCUT2D eigenvalue weighted by Crippen LogP contribution is -2.19. The Kier molecular flexibility index (Phi) is 5.25. The molecule has 4 rings (SSSR count). The standard InChI is InChI=1S/C23H24N2O4/c1-15-12-16(8-9-24-19-7-3-2-6-17(19)23(27)28)22-18(13-15)20(26)14-21(29-22)25-10-4-5-11-25/h2-3,6-7,12-14,24H,4-5,8-11H2,1H3,(H,27,28). The maximum atomic E-state index is 12.7. The van der Waals surface area contributed by atoms with Gasteiger partial charge in [-0.3, -0.25) is 4.79 Å². The Morgan fingerprint density at radius 3 is 2.69 bits per heavy atom. The van der Waals surface area contributed by atoms with E-state index in [1.54, 1.807) is 30.3 Å². The van der Waals surface area contributed by atoms with Crippen LogP contribution in [0.4, 0.5) is 11.6 Å². The first-order valence-electron chi connectivity index (χ1n) is 9.91. The number of benzene rings is 2. The third-order valence-corrected chi connectivity index (χ3v) is 5.32. The summed E-state index contributed by atoms with van der Waals surface area (Å²) in [6, 6.07) is 12.3. The molecule has 1 fully saturated rings. The first kappa shape index (κ1) is 19.1. The van der Waals surface area contributed by atoms with E-state index in [-0.39, 0.29) is 11.0 Å². The molecule has 1 aliphatic rings. The summed E-state index contributed by atoms with van der Waals surface area (Å²) in [4.78, 5) is 26.2. The lowest BCUT2D eigenvalue weighted by atomic mass is 10.0. The van der Waals surface area contributed by atoms with E-state index >= 15 is 0 Å². The van der Waals surface area contributed by atoms with Crippen LogP contribution in [-0.2, 0) is 6.42 Å². The maximum absolute atomic E-state index is 12.7. The minimum Gasteiger partial charge on any atom is -0.478 e. The highest BCUT2D eigenvalue weighted by molar-refractivity contribution is 5.94. The highest BCUT2D eigenvalue weighted by Crippen LogP contribution is 2.26. The predicted molar refractivity (Wildman–Crippen MR) is 114 cm³/mol. The Bertz CT molecular complexity index is 1110. The van der Waals surface area contributed by atoms with E-state index in [1.165, 1.54) is 0 Å². The van der Waals surface area contributed by atoms with Crippen molar-refractivity contribution in [1.29, 1.82) is 0 Å². The molecule has 2 N–H and O–H groups in total. The average molecular weight is 392 g/mol. The molecule has 0 radical (unpaired) electrons. The molecule has 6 nitrogen and oxygen atoms in total. The van der Waals surface area contributed by atoms with Crippen molar-refractivity contribution in [3.8, 4) is 0 Å². The summed E-state index contributed by atoms with van der Waals surface area (Å²) < 4.78 is 6.18. The van der Waals surface area contributed by atoms with Gasteiger partial charge in [0.05, 0.1) is 10.9 Å². The number of carboxylic acid groups (broad SMARTS) is 1. The normalized spacial score (nSPS) is 13.8. The number of nitrogens with one attached hydrogen (secondary N) is 1. The molecule has 0 spiro atoms. The number of carboxylic acids is 1. The topological polar surface area (TPSA) is 82.8 Å². The van der Waals surface area contributed by atoms with Crippen molar-refractivity contribution in [3.05, 3.63) is 69.4 Å². The van der Waals surface area contributed by atoms with Crippen LogP contribution in [0.25, 0.3) is 11.0 Å². The Hall–Kier alpha value is -3.28. The summed E-state index contributed by atoms with van der Waals surface area (Å²) in [5.41, 5.74) is 3.36. The number of carbonyl (C=O) groups is 1. The zero-order valence-electron chi connectivity index (χ0n) is 16.4. The molecule has 1 aromatic heterocycles. The van der Waals surface area contributed by atoms with Gasteiger partial charge in [0.15, 0.2) is 11.3 Å². The van der Waals surface area contributed by atoms with Gasteiger partial charge in [-0.1, -0.05) is 18.2 Å². The van der Waals surface area contributed by atoms with Gasteiger partial charge in [0.2, 0.25) is 0 Å². The minimum atomic E-state index is -0.963. The molecular formula is C23H24N2O4. The summed E-state index contributed by atoms with van der Waals surface area (Å²) in [7, 11) is 0. The Labute approximate surface area is 168 Å². The fraction of sp³-hybridized carbons (Fsp3) is 0.304. The molecule has 1 aliphatic heterocycles. The molecule has 2 aromatic carbocycles. The summed E-state index contributed by atoms with van der Waals surface area (Å²) in [5.74, 6) is -0.329. The summed E-state index contributed by atoms with van der Waals surface area (Å²) >= 11 is 0. The van der Waals surface area contributed by atoms with Crippen LogP contribution in [0.2, 0.25) is 0 Å². The Morgan fingerprint density at radius 1 is 1.17 bits per heavy atom. The van der Waals surface area contributed by atoms with Gasteiger partial charge in [0.1, 0.15) is 5.58 Å². The zero-order valence-corrected chi connectivity index (χ0v) is 16.4. The van der Waals surface area contributed by atoms with E-state index < -0.39 is 5.97 Å². The van der Waals surface area contributed by atoms with Crippen LogP contribution in [0.15, 0.2) is 51.7 Å². The van der Waals surface area contributed by atoms with Crippen molar-refractivity contribution >= 4 is 28.5 Å². The second kappa shape index (κ2) is 7.99. The number of aryl methyl sites for hydroxylation is 1. The Morgan fingerprint density at radius 2 is 1.93 bits per heavy atom. The first-order chi connectivity index (χ1) is 14.0. The molecule has 1 saturated heterocycles. The lowest BCUT2D eigenvalue weighted by Gasteiger charge is -2.17. The summed E-state index contributed by atoms with van der Waals surface area (Å²) in [6.07, 6.45) is 2.82. The minimum absolute atomic E-state index is 0.0257. The summed E-state index contributed by atoms with van der Waals surface area (Å²) in [6.45, 7) is 4.30. The molecule has 150 valence electrons. The van der Waals surface area contributed by atoms with Gasteiger partial charge < -0.3 is 19.7 Å². The fourth-order valence-corrected chi connectivity index (χ4v) is 3.91. The van der Waals surface area contributed by atoms with Gasteiger partial charge >= 0.3 is 5.97 Å². The number of hydrogen-bond donors (Lipinski definition) is 2. The molecular weight excluding hydrogens is 368 g/mol. The molecule has 0 aliphatic carbocycles. The number of aromatic carboxylic acids is 1. The number of hydrogen-bond acceptors (Lipinski definition) is 5. The molecule has 0 atom stereocenters. The highest BCUT2D eigenvalue weighted by Gasteiger charge is 2.18. The number of anilines is 2. The second-order valence-electron chi connectivity index (χ2n) is 7.47. The maximum Gasteiger partial charge on any atom is 0.337 e. The highest BCUT2D eigenvalue weighted by atomic mass is 16.4.